The van der Waals surface area contributed by atoms with Crippen LogP contribution in [-0.4, -0.2) is 17.9 Å². The van der Waals surface area contributed by atoms with Crippen molar-refractivity contribution in [3.63, 3.8) is 0 Å². The summed E-state index contributed by atoms with van der Waals surface area (Å²) < 4.78 is 0. The second kappa shape index (κ2) is 5.68. The summed E-state index contributed by atoms with van der Waals surface area (Å²) in [5.41, 5.74) is 5.02. The van der Waals surface area contributed by atoms with E-state index in [1.54, 1.807) is 7.05 Å². The monoisotopic (exact) mass is 292 g/mol. The van der Waals surface area contributed by atoms with Gasteiger partial charge < -0.3 is 10.3 Å². The standard InChI is InChI=1S/C19H20N2O/c1-12(2)13-4-6-16(17(11-13)19(22)20-3)14-5-7-18-15(10-14)8-9-21-18/h4-12,21H,1-3H3,(H,20,22). The van der Waals surface area contributed by atoms with Gasteiger partial charge in [-0.05, 0) is 52.3 Å². The molecule has 1 amide bonds. The van der Waals surface area contributed by atoms with Crippen molar-refractivity contribution in [2.45, 2.75) is 19.8 Å². The van der Waals surface area contributed by atoms with Crippen molar-refractivity contribution >= 4 is 16.8 Å². The maximum Gasteiger partial charge on any atom is 0.251 e. The molecular formula is C19H20N2O. The normalized spacial score (nSPS) is 11.1. The molecule has 2 N–H and O–H groups in total. The number of H-pyrrole nitrogens is 1. The van der Waals surface area contributed by atoms with E-state index in [4.69, 9.17) is 0 Å². The molecule has 0 saturated heterocycles. The van der Waals surface area contributed by atoms with Gasteiger partial charge in [0.05, 0.1) is 0 Å². The number of nitrogens with one attached hydrogen (secondary N) is 2. The molecule has 3 heteroatoms. The first-order chi connectivity index (χ1) is 10.6. The van der Waals surface area contributed by atoms with Crippen LogP contribution in [0.2, 0.25) is 0 Å². The van der Waals surface area contributed by atoms with E-state index in [0.29, 0.717) is 5.92 Å². The second-order valence-corrected chi connectivity index (χ2v) is 5.82. The minimum Gasteiger partial charge on any atom is -0.361 e. The average molecular weight is 292 g/mol. The third-order valence-corrected chi connectivity index (χ3v) is 4.05. The summed E-state index contributed by atoms with van der Waals surface area (Å²) in [6.07, 6.45) is 1.93. The molecule has 0 unspecified atom stereocenters. The Morgan fingerprint density at radius 1 is 1.09 bits per heavy atom. The number of aromatic nitrogens is 1. The molecule has 0 saturated carbocycles. The number of amides is 1. The van der Waals surface area contributed by atoms with Gasteiger partial charge in [-0.1, -0.05) is 32.0 Å². The van der Waals surface area contributed by atoms with Crippen LogP contribution in [0.15, 0.2) is 48.7 Å². The van der Waals surface area contributed by atoms with Crippen molar-refractivity contribution in [3.8, 4) is 11.1 Å². The molecule has 2 aromatic carbocycles. The van der Waals surface area contributed by atoms with Crippen LogP contribution in [0.4, 0.5) is 0 Å². The predicted molar refractivity (Wildman–Crippen MR) is 91.2 cm³/mol. The molecular weight excluding hydrogens is 272 g/mol. The first kappa shape index (κ1) is 14.4. The number of carbonyl (C=O) groups excluding carboxylic acids is 1. The number of hydrogen-bond donors (Lipinski definition) is 2. The van der Waals surface area contributed by atoms with Gasteiger partial charge >= 0.3 is 0 Å². The molecule has 0 aliphatic carbocycles. The Morgan fingerprint density at radius 3 is 2.64 bits per heavy atom. The Bertz CT molecular complexity index is 830. The van der Waals surface area contributed by atoms with E-state index in [0.717, 1.165) is 27.6 Å². The van der Waals surface area contributed by atoms with E-state index < -0.39 is 0 Å². The van der Waals surface area contributed by atoms with Gasteiger partial charge in [-0.15, -0.1) is 0 Å². The lowest BCUT2D eigenvalue weighted by Gasteiger charge is -2.13. The first-order valence-electron chi connectivity index (χ1n) is 7.53. The molecule has 112 valence electrons. The smallest absolute Gasteiger partial charge is 0.251 e. The number of aromatic amines is 1. The molecule has 0 radical (unpaired) electrons. The van der Waals surface area contributed by atoms with Crippen LogP contribution in [0.25, 0.3) is 22.0 Å². The van der Waals surface area contributed by atoms with Gasteiger partial charge in [-0.3, -0.25) is 4.79 Å². The molecule has 0 spiro atoms. The zero-order valence-corrected chi connectivity index (χ0v) is 13.1. The molecule has 3 nitrogen and oxygen atoms in total. The van der Waals surface area contributed by atoms with Crippen molar-refractivity contribution in [3.05, 3.63) is 59.8 Å². The van der Waals surface area contributed by atoms with Gasteiger partial charge in [-0.2, -0.15) is 0 Å². The van der Waals surface area contributed by atoms with Crippen LogP contribution in [0.1, 0.15) is 35.7 Å². The molecule has 3 aromatic rings. The maximum atomic E-state index is 12.3. The summed E-state index contributed by atoms with van der Waals surface area (Å²) in [4.78, 5) is 15.5. The van der Waals surface area contributed by atoms with Gasteiger partial charge in [0.25, 0.3) is 5.91 Å². The fourth-order valence-electron chi connectivity index (χ4n) is 2.72. The van der Waals surface area contributed by atoms with Crippen LogP contribution in [0, 0.1) is 0 Å². The first-order valence-corrected chi connectivity index (χ1v) is 7.53. The maximum absolute atomic E-state index is 12.3. The SMILES string of the molecule is CNC(=O)c1cc(C(C)C)ccc1-c1ccc2[nH]ccc2c1. The number of benzene rings is 2. The molecule has 1 aromatic heterocycles. The Morgan fingerprint density at radius 2 is 1.91 bits per heavy atom. The van der Waals surface area contributed by atoms with E-state index in [9.17, 15) is 4.79 Å². The molecule has 0 bridgehead atoms. The Balaban J connectivity index is 2.17. The number of carbonyl (C=O) groups is 1. The van der Waals surface area contributed by atoms with Gasteiger partial charge in [0, 0.05) is 24.3 Å². The highest BCUT2D eigenvalue weighted by molar-refractivity contribution is 6.01. The molecule has 0 aliphatic heterocycles. The second-order valence-electron chi connectivity index (χ2n) is 5.82. The lowest BCUT2D eigenvalue weighted by atomic mass is 9.93. The average Bonchev–Trinajstić information content (AvgIpc) is 3.00. The highest BCUT2D eigenvalue weighted by Gasteiger charge is 2.14. The molecule has 0 aliphatic rings. The van der Waals surface area contributed by atoms with Crippen molar-refractivity contribution in [2.75, 3.05) is 7.05 Å². The minimum atomic E-state index is -0.0494. The summed E-state index contributed by atoms with van der Waals surface area (Å²) in [6.45, 7) is 4.27. The van der Waals surface area contributed by atoms with Crippen LogP contribution < -0.4 is 5.32 Å². The minimum absolute atomic E-state index is 0.0494. The van der Waals surface area contributed by atoms with E-state index in [1.807, 2.05) is 24.4 Å². The van der Waals surface area contributed by atoms with Crippen molar-refractivity contribution in [1.29, 1.82) is 0 Å². The van der Waals surface area contributed by atoms with E-state index in [2.05, 4.69) is 48.4 Å². The van der Waals surface area contributed by atoms with E-state index in [-0.39, 0.29) is 5.91 Å². The highest BCUT2D eigenvalue weighted by Crippen LogP contribution is 2.29. The van der Waals surface area contributed by atoms with Gasteiger partial charge in [0.2, 0.25) is 0 Å². The molecule has 0 fully saturated rings. The summed E-state index contributed by atoms with van der Waals surface area (Å²) in [7, 11) is 1.67. The fourth-order valence-corrected chi connectivity index (χ4v) is 2.72. The number of rotatable bonds is 3. The summed E-state index contributed by atoms with van der Waals surface area (Å²) in [5.74, 6) is 0.344. The zero-order chi connectivity index (χ0) is 15.7. The lowest BCUT2D eigenvalue weighted by molar-refractivity contribution is 0.0963. The quantitative estimate of drug-likeness (QED) is 0.742. The summed E-state index contributed by atoms with van der Waals surface area (Å²) in [6, 6.07) is 14.4. The van der Waals surface area contributed by atoms with Crippen LogP contribution in [0.3, 0.4) is 0 Å². The molecule has 1 heterocycles. The van der Waals surface area contributed by atoms with Crippen molar-refractivity contribution in [2.24, 2.45) is 0 Å². The molecule has 3 rings (SSSR count). The van der Waals surface area contributed by atoms with Crippen LogP contribution >= 0.6 is 0 Å². The summed E-state index contributed by atoms with van der Waals surface area (Å²) in [5, 5.41) is 3.89. The molecule has 22 heavy (non-hydrogen) atoms. The topological polar surface area (TPSA) is 44.9 Å². The van der Waals surface area contributed by atoms with Gasteiger partial charge in [0.15, 0.2) is 0 Å². The third-order valence-electron chi connectivity index (χ3n) is 4.05. The van der Waals surface area contributed by atoms with Gasteiger partial charge in [0.1, 0.15) is 0 Å². The predicted octanol–water partition coefficient (Wildman–Crippen LogP) is 4.32. The van der Waals surface area contributed by atoms with E-state index >= 15 is 0 Å². The number of hydrogen-bond acceptors (Lipinski definition) is 1. The lowest BCUT2D eigenvalue weighted by Crippen LogP contribution is -2.19. The summed E-state index contributed by atoms with van der Waals surface area (Å²) >= 11 is 0. The zero-order valence-electron chi connectivity index (χ0n) is 13.1. The van der Waals surface area contributed by atoms with Crippen LogP contribution in [0.5, 0.6) is 0 Å². The fraction of sp³-hybridized carbons (Fsp3) is 0.211. The number of fused-ring (bicyclic) bond motifs is 1. The largest absolute Gasteiger partial charge is 0.361 e. The van der Waals surface area contributed by atoms with E-state index in [1.165, 1.54) is 5.56 Å². The van der Waals surface area contributed by atoms with Crippen molar-refractivity contribution in [1.82, 2.24) is 10.3 Å². The molecule has 0 atom stereocenters. The van der Waals surface area contributed by atoms with Crippen LogP contribution in [-0.2, 0) is 0 Å². The highest BCUT2D eigenvalue weighted by atomic mass is 16.1. The Kier molecular flexibility index (Phi) is 3.72. The third kappa shape index (κ3) is 2.50. The van der Waals surface area contributed by atoms with Crippen molar-refractivity contribution < 1.29 is 4.79 Å². The Labute approximate surface area is 130 Å². The van der Waals surface area contributed by atoms with Gasteiger partial charge in [-0.25, -0.2) is 0 Å². The Hall–Kier alpha value is -2.55.